The molecule has 27 heavy (non-hydrogen) atoms. The third-order valence-electron chi connectivity index (χ3n) is 3.81. The summed E-state index contributed by atoms with van der Waals surface area (Å²) in [7, 11) is 3.17. The average Bonchev–Trinajstić information content (AvgIpc) is 3.04. The number of carbonyl (C=O) groups excluding carboxylic acids is 1. The minimum Gasteiger partial charge on any atom is -0.477 e. The fraction of sp³-hybridized carbons (Fsp3) is 0.167. The van der Waals surface area contributed by atoms with E-state index in [9.17, 15) is 14.7 Å². The number of thioether (sulfide) groups is 1. The van der Waals surface area contributed by atoms with Crippen molar-refractivity contribution in [3.8, 4) is 0 Å². The Kier molecular flexibility index (Phi) is 6.03. The molecule has 2 aromatic carbocycles. The molecule has 0 aliphatic rings. The number of hydrogen-bond donors (Lipinski definition) is 2. The summed E-state index contributed by atoms with van der Waals surface area (Å²) >= 11 is 5.95. The van der Waals surface area contributed by atoms with Crippen molar-refractivity contribution in [1.29, 1.82) is 0 Å². The van der Waals surface area contributed by atoms with Crippen LogP contribution in [0.5, 0.6) is 0 Å². The van der Waals surface area contributed by atoms with Crippen LogP contribution in [-0.4, -0.2) is 40.5 Å². The van der Waals surface area contributed by atoms with Gasteiger partial charge in [0.05, 0.1) is 0 Å². The molecule has 0 atom stereocenters. The number of benzene rings is 2. The highest BCUT2D eigenvalue weighted by molar-refractivity contribution is 9.10. The standard InChI is InChI=1S/C18H16BrN3O3S2/c1-22(2)18(25)20-15-13(17(23)24)16(21-27-15)26-9-11-8-7-10-5-3-4-6-12(10)14(11)19/h3-8H,9H2,1-2H3,(H,20,25)(H,23,24). The molecule has 0 fully saturated rings. The number of hydrogen-bond acceptors (Lipinski definition) is 5. The van der Waals surface area contributed by atoms with E-state index >= 15 is 0 Å². The number of urea groups is 1. The molecule has 0 bridgehead atoms. The topological polar surface area (TPSA) is 82.5 Å². The SMILES string of the molecule is CN(C)C(=O)Nc1snc(SCc2ccc3ccccc3c2Br)c1C(=O)O. The molecular weight excluding hydrogens is 450 g/mol. The van der Waals surface area contributed by atoms with Crippen LogP contribution in [0.25, 0.3) is 10.8 Å². The normalized spacial score (nSPS) is 10.8. The molecule has 0 aliphatic heterocycles. The van der Waals surface area contributed by atoms with Gasteiger partial charge in [0.1, 0.15) is 15.6 Å². The zero-order valence-corrected chi connectivity index (χ0v) is 17.7. The number of rotatable bonds is 5. The number of halogens is 1. The first-order chi connectivity index (χ1) is 12.9. The number of carbonyl (C=O) groups is 2. The van der Waals surface area contributed by atoms with Crippen molar-refractivity contribution in [3.05, 3.63) is 52.0 Å². The fourth-order valence-corrected chi connectivity index (χ4v) is 5.14. The van der Waals surface area contributed by atoms with Crippen LogP contribution in [0.15, 0.2) is 45.9 Å². The first kappa shape index (κ1) is 19.7. The van der Waals surface area contributed by atoms with Gasteiger partial charge < -0.3 is 10.0 Å². The number of nitrogens with one attached hydrogen (secondary N) is 1. The van der Waals surface area contributed by atoms with Gasteiger partial charge in [-0.15, -0.1) is 0 Å². The van der Waals surface area contributed by atoms with Crippen LogP contribution in [0.2, 0.25) is 0 Å². The fourth-order valence-electron chi connectivity index (χ4n) is 2.39. The second kappa shape index (κ2) is 8.28. The lowest BCUT2D eigenvalue weighted by Crippen LogP contribution is -2.27. The number of amides is 2. The molecule has 1 heterocycles. The van der Waals surface area contributed by atoms with Gasteiger partial charge in [0.25, 0.3) is 0 Å². The van der Waals surface area contributed by atoms with Gasteiger partial charge in [-0.05, 0) is 43.8 Å². The zero-order chi connectivity index (χ0) is 19.6. The van der Waals surface area contributed by atoms with E-state index in [1.807, 2.05) is 36.4 Å². The number of carboxylic acid groups (broad SMARTS) is 1. The zero-order valence-electron chi connectivity index (χ0n) is 14.5. The summed E-state index contributed by atoms with van der Waals surface area (Å²) < 4.78 is 5.22. The molecule has 0 spiro atoms. The van der Waals surface area contributed by atoms with Crippen molar-refractivity contribution in [2.45, 2.75) is 10.8 Å². The van der Waals surface area contributed by atoms with Crippen LogP contribution in [0.4, 0.5) is 9.80 Å². The summed E-state index contributed by atoms with van der Waals surface area (Å²) in [6, 6.07) is 11.7. The second-order valence-electron chi connectivity index (χ2n) is 5.87. The third kappa shape index (κ3) is 4.26. The highest BCUT2D eigenvalue weighted by atomic mass is 79.9. The van der Waals surface area contributed by atoms with Crippen LogP contribution in [0.1, 0.15) is 15.9 Å². The predicted octanol–water partition coefficient (Wildman–Crippen LogP) is 5.14. The number of aromatic nitrogens is 1. The summed E-state index contributed by atoms with van der Waals surface area (Å²) in [6.45, 7) is 0. The molecule has 3 aromatic rings. The summed E-state index contributed by atoms with van der Waals surface area (Å²) in [4.78, 5) is 24.9. The first-order valence-electron chi connectivity index (χ1n) is 7.88. The molecule has 0 saturated carbocycles. The molecule has 2 N–H and O–H groups in total. The van der Waals surface area contributed by atoms with Crippen molar-refractivity contribution in [3.63, 3.8) is 0 Å². The molecule has 0 saturated heterocycles. The number of anilines is 1. The van der Waals surface area contributed by atoms with Crippen LogP contribution in [-0.2, 0) is 5.75 Å². The third-order valence-corrected chi connectivity index (χ3v) is 6.65. The maximum atomic E-state index is 11.8. The Labute approximate surface area is 172 Å². The lowest BCUT2D eigenvalue weighted by atomic mass is 10.1. The molecule has 0 unspecified atom stereocenters. The van der Waals surface area contributed by atoms with Crippen LogP contribution in [0, 0.1) is 0 Å². The number of nitrogens with zero attached hydrogens (tertiary/aromatic N) is 2. The second-order valence-corrected chi connectivity index (χ2v) is 8.40. The molecule has 2 amide bonds. The van der Waals surface area contributed by atoms with Crippen molar-refractivity contribution in [2.75, 3.05) is 19.4 Å². The van der Waals surface area contributed by atoms with E-state index in [-0.39, 0.29) is 10.6 Å². The van der Waals surface area contributed by atoms with Gasteiger partial charge in [0.2, 0.25) is 0 Å². The Hall–Kier alpha value is -2.10. The maximum absolute atomic E-state index is 11.8. The Morgan fingerprint density at radius 3 is 2.70 bits per heavy atom. The largest absolute Gasteiger partial charge is 0.477 e. The summed E-state index contributed by atoms with van der Waals surface area (Å²) in [5.41, 5.74) is 1.07. The Morgan fingerprint density at radius 2 is 2.00 bits per heavy atom. The molecule has 140 valence electrons. The molecule has 0 aliphatic carbocycles. The van der Waals surface area contributed by atoms with E-state index < -0.39 is 12.0 Å². The monoisotopic (exact) mass is 465 g/mol. The van der Waals surface area contributed by atoms with Crippen LogP contribution in [0.3, 0.4) is 0 Å². The van der Waals surface area contributed by atoms with Crippen LogP contribution >= 0.6 is 39.2 Å². The molecule has 1 aromatic heterocycles. The van der Waals surface area contributed by atoms with E-state index in [1.54, 1.807) is 14.1 Å². The van der Waals surface area contributed by atoms with Gasteiger partial charge >= 0.3 is 12.0 Å². The Balaban J connectivity index is 1.84. The molecule has 9 heteroatoms. The summed E-state index contributed by atoms with van der Waals surface area (Å²) in [6.07, 6.45) is 0. The van der Waals surface area contributed by atoms with Crippen molar-refractivity contribution in [1.82, 2.24) is 9.27 Å². The highest BCUT2D eigenvalue weighted by Gasteiger charge is 2.23. The van der Waals surface area contributed by atoms with Gasteiger partial charge in [-0.3, -0.25) is 5.32 Å². The molecular formula is C18H16BrN3O3S2. The van der Waals surface area contributed by atoms with Gasteiger partial charge in [-0.25, -0.2) is 9.59 Å². The predicted molar refractivity (Wildman–Crippen MR) is 113 cm³/mol. The molecule has 0 radical (unpaired) electrons. The van der Waals surface area contributed by atoms with Gasteiger partial charge in [-0.2, -0.15) is 4.37 Å². The van der Waals surface area contributed by atoms with E-state index in [0.717, 1.165) is 32.3 Å². The highest BCUT2D eigenvalue weighted by Crippen LogP contribution is 2.36. The van der Waals surface area contributed by atoms with E-state index in [1.165, 1.54) is 16.7 Å². The van der Waals surface area contributed by atoms with Gasteiger partial charge in [0, 0.05) is 24.3 Å². The minimum absolute atomic E-state index is 0.0251. The van der Waals surface area contributed by atoms with Crippen molar-refractivity contribution < 1.29 is 14.7 Å². The lowest BCUT2D eigenvalue weighted by Gasteiger charge is -2.11. The average molecular weight is 466 g/mol. The van der Waals surface area contributed by atoms with Crippen LogP contribution < -0.4 is 5.32 Å². The van der Waals surface area contributed by atoms with Crippen molar-refractivity contribution >= 4 is 67.0 Å². The summed E-state index contributed by atoms with van der Waals surface area (Å²) in [5.74, 6) is -0.561. The van der Waals surface area contributed by atoms with Crippen molar-refractivity contribution in [2.24, 2.45) is 0 Å². The minimum atomic E-state index is -1.11. The number of carboxylic acids is 1. The quantitative estimate of drug-likeness (QED) is 0.509. The Morgan fingerprint density at radius 1 is 1.26 bits per heavy atom. The van der Waals surface area contributed by atoms with E-state index in [2.05, 4.69) is 25.6 Å². The Bertz CT molecular complexity index is 1020. The number of fused-ring (bicyclic) bond motifs is 1. The maximum Gasteiger partial charge on any atom is 0.341 e. The molecule has 6 nitrogen and oxygen atoms in total. The van der Waals surface area contributed by atoms with E-state index in [0.29, 0.717) is 10.8 Å². The van der Waals surface area contributed by atoms with Gasteiger partial charge in [-0.1, -0.05) is 48.2 Å². The number of aromatic carboxylic acids is 1. The molecule has 3 rings (SSSR count). The first-order valence-corrected chi connectivity index (χ1v) is 10.4. The smallest absolute Gasteiger partial charge is 0.341 e. The van der Waals surface area contributed by atoms with E-state index in [4.69, 9.17) is 0 Å². The van der Waals surface area contributed by atoms with Gasteiger partial charge in [0.15, 0.2) is 0 Å². The summed E-state index contributed by atoms with van der Waals surface area (Å²) in [5, 5.41) is 15.0. The lowest BCUT2D eigenvalue weighted by molar-refractivity contribution is 0.0694.